The number of hydrogen-bond donors (Lipinski definition) is 1. The summed E-state index contributed by atoms with van der Waals surface area (Å²) in [7, 11) is 0. The topological polar surface area (TPSA) is 40.5 Å². The Morgan fingerprint density at radius 1 is 1.06 bits per heavy atom. The van der Waals surface area contributed by atoms with Crippen LogP contribution in [0.2, 0.25) is 0 Å². The molecule has 0 amide bonds. The van der Waals surface area contributed by atoms with Crippen LogP contribution in [0.15, 0.2) is 48.5 Å². The van der Waals surface area contributed by atoms with Gasteiger partial charge in [-0.1, -0.05) is 45.0 Å². The van der Waals surface area contributed by atoms with Crippen molar-refractivity contribution in [3.05, 3.63) is 68.8 Å². The Morgan fingerprint density at radius 2 is 1.68 bits per heavy atom. The number of carboxylic acid groups (broad SMARTS) is 1. The quantitative estimate of drug-likeness (QED) is 0.319. The van der Waals surface area contributed by atoms with E-state index in [4.69, 9.17) is 0 Å². The van der Waals surface area contributed by atoms with E-state index in [1.54, 1.807) is 19.1 Å². The van der Waals surface area contributed by atoms with E-state index in [1.807, 2.05) is 0 Å². The molecule has 1 N–H and O–H groups in total. The Hall–Kier alpha value is -1.61. The maximum atomic E-state index is 13.2. The van der Waals surface area contributed by atoms with Crippen LogP contribution in [-0.2, 0) is 11.0 Å². The van der Waals surface area contributed by atoms with E-state index in [-0.39, 0.29) is 18.0 Å². The number of aliphatic carboxylic acids is 1. The molecule has 0 spiro atoms. The van der Waals surface area contributed by atoms with Crippen molar-refractivity contribution in [2.75, 3.05) is 6.54 Å². The third kappa shape index (κ3) is 6.74. The number of likely N-dealkylation sites (tertiary alicyclic amines) is 1. The van der Waals surface area contributed by atoms with Crippen LogP contribution in [0.1, 0.15) is 75.2 Å². The molecule has 1 unspecified atom stereocenters. The summed E-state index contributed by atoms with van der Waals surface area (Å²) >= 11 is 2.27. The molecule has 0 radical (unpaired) electrons. The molecular weight excluding hydrogens is 554 g/mol. The highest BCUT2D eigenvalue weighted by Crippen LogP contribution is 2.44. The fourth-order valence-electron chi connectivity index (χ4n) is 4.96. The van der Waals surface area contributed by atoms with Gasteiger partial charge in [-0.3, -0.25) is 9.69 Å². The lowest BCUT2D eigenvalue weighted by Crippen LogP contribution is -2.42. The van der Waals surface area contributed by atoms with Crippen LogP contribution in [0.3, 0.4) is 0 Å². The molecule has 1 aliphatic rings. The molecule has 2 aromatic carbocycles. The van der Waals surface area contributed by atoms with Gasteiger partial charge in [-0.2, -0.15) is 13.2 Å². The average Bonchev–Trinajstić information content (AvgIpc) is 2.79. The van der Waals surface area contributed by atoms with E-state index in [9.17, 15) is 23.1 Å². The maximum Gasteiger partial charge on any atom is 0.416 e. The lowest BCUT2D eigenvalue weighted by Gasteiger charge is -2.45. The van der Waals surface area contributed by atoms with Crippen molar-refractivity contribution >= 4 is 28.6 Å². The SMILES string of the molecule is CC(C)CC[C@H](c1ccc(C(F)(F)F)cc1)N1CC[C@H](C(C)C(=O)O)C[C@H]1c1ccc(I)cc1. The van der Waals surface area contributed by atoms with Gasteiger partial charge in [0.15, 0.2) is 0 Å². The molecule has 7 heteroatoms. The molecule has 1 fully saturated rings. The van der Waals surface area contributed by atoms with Crippen molar-refractivity contribution in [3.63, 3.8) is 0 Å². The Morgan fingerprint density at radius 3 is 2.21 bits per heavy atom. The van der Waals surface area contributed by atoms with Gasteiger partial charge >= 0.3 is 12.1 Å². The standard InChI is InChI=1S/C27H33F3INO2/c1-17(2)4-13-24(19-5-9-22(10-6-19)27(28,29)30)32-15-14-21(18(3)26(33)34)16-25(32)20-7-11-23(31)12-8-20/h5-12,17-18,21,24-25H,4,13-16H2,1-3H3,(H,33,34)/t18?,21-,24+,25-/m0/s1. The molecule has 0 bridgehead atoms. The first kappa shape index (κ1) is 27.0. The summed E-state index contributed by atoms with van der Waals surface area (Å²) in [6.45, 7) is 6.80. The number of halogens is 4. The zero-order valence-electron chi connectivity index (χ0n) is 19.9. The molecule has 4 atom stereocenters. The highest BCUT2D eigenvalue weighted by molar-refractivity contribution is 14.1. The lowest BCUT2D eigenvalue weighted by atomic mass is 9.78. The predicted molar refractivity (Wildman–Crippen MR) is 136 cm³/mol. The molecule has 2 aromatic rings. The van der Waals surface area contributed by atoms with Gasteiger partial charge in [-0.15, -0.1) is 0 Å². The van der Waals surface area contributed by atoms with E-state index in [2.05, 4.69) is 65.6 Å². The minimum Gasteiger partial charge on any atom is -0.481 e. The van der Waals surface area contributed by atoms with Crippen molar-refractivity contribution in [1.29, 1.82) is 0 Å². The van der Waals surface area contributed by atoms with Crippen LogP contribution in [0.4, 0.5) is 13.2 Å². The van der Waals surface area contributed by atoms with Crippen molar-refractivity contribution in [2.45, 2.75) is 64.7 Å². The molecule has 0 aliphatic carbocycles. The summed E-state index contributed by atoms with van der Waals surface area (Å²) in [6.07, 6.45) is -1.10. The van der Waals surface area contributed by atoms with Gasteiger partial charge in [0.25, 0.3) is 0 Å². The fraction of sp³-hybridized carbons (Fsp3) is 0.519. The largest absolute Gasteiger partial charge is 0.481 e. The Balaban J connectivity index is 1.98. The summed E-state index contributed by atoms with van der Waals surface area (Å²) < 4.78 is 40.6. The third-order valence-corrected chi connectivity index (χ3v) is 7.80. The van der Waals surface area contributed by atoms with Crippen molar-refractivity contribution in [1.82, 2.24) is 4.90 Å². The zero-order valence-corrected chi connectivity index (χ0v) is 22.0. The van der Waals surface area contributed by atoms with Gasteiger partial charge in [0, 0.05) is 15.7 Å². The summed E-state index contributed by atoms with van der Waals surface area (Å²) in [5.41, 5.74) is 1.38. The molecule has 1 aliphatic heterocycles. The predicted octanol–water partition coefficient (Wildman–Crippen LogP) is 7.96. The number of carbonyl (C=O) groups is 1. The average molecular weight is 587 g/mol. The number of nitrogens with zero attached hydrogens (tertiary/aromatic N) is 1. The number of carboxylic acids is 1. The van der Waals surface area contributed by atoms with Crippen molar-refractivity contribution in [2.24, 2.45) is 17.8 Å². The van der Waals surface area contributed by atoms with Crippen LogP contribution in [0, 0.1) is 21.3 Å². The summed E-state index contributed by atoms with van der Waals surface area (Å²) in [5, 5.41) is 9.61. The molecule has 1 saturated heterocycles. The Bertz CT molecular complexity index is 944. The minimum atomic E-state index is -4.36. The van der Waals surface area contributed by atoms with E-state index in [0.717, 1.165) is 34.0 Å². The van der Waals surface area contributed by atoms with Gasteiger partial charge in [-0.25, -0.2) is 0 Å². The van der Waals surface area contributed by atoms with Gasteiger partial charge < -0.3 is 5.11 Å². The second-order valence-corrected chi connectivity index (χ2v) is 11.1. The fourth-order valence-corrected chi connectivity index (χ4v) is 5.32. The van der Waals surface area contributed by atoms with Crippen LogP contribution in [-0.4, -0.2) is 22.5 Å². The second-order valence-electron chi connectivity index (χ2n) is 9.82. The molecular formula is C27H33F3INO2. The first-order valence-electron chi connectivity index (χ1n) is 11.9. The zero-order chi connectivity index (χ0) is 25.0. The summed E-state index contributed by atoms with van der Waals surface area (Å²) in [4.78, 5) is 14.1. The van der Waals surface area contributed by atoms with Gasteiger partial charge in [0.05, 0.1) is 11.5 Å². The number of alkyl halides is 3. The summed E-state index contributed by atoms with van der Waals surface area (Å²) in [6, 6.07) is 13.9. The minimum absolute atomic E-state index is 0.0111. The molecule has 186 valence electrons. The molecule has 0 saturated carbocycles. The normalized spacial score (nSPS) is 21.4. The molecule has 0 aromatic heterocycles. The number of benzene rings is 2. The molecule has 1 heterocycles. The van der Waals surface area contributed by atoms with Crippen LogP contribution in [0.5, 0.6) is 0 Å². The molecule has 3 rings (SSSR count). The highest BCUT2D eigenvalue weighted by atomic mass is 127. The number of piperidine rings is 1. The molecule has 34 heavy (non-hydrogen) atoms. The second kappa shape index (κ2) is 11.4. The maximum absolute atomic E-state index is 13.2. The van der Waals surface area contributed by atoms with Gasteiger partial charge in [0.2, 0.25) is 0 Å². The first-order chi connectivity index (χ1) is 16.0. The molecule has 3 nitrogen and oxygen atoms in total. The highest BCUT2D eigenvalue weighted by Gasteiger charge is 2.38. The van der Waals surface area contributed by atoms with E-state index in [1.165, 1.54) is 12.1 Å². The number of rotatable bonds is 8. The van der Waals surface area contributed by atoms with Crippen LogP contribution < -0.4 is 0 Å². The lowest BCUT2D eigenvalue weighted by molar-refractivity contribution is -0.144. The Labute approximate surface area is 213 Å². The summed E-state index contributed by atoms with van der Waals surface area (Å²) in [5.74, 6) is -0.692. The third-order valence-electron chi connectivity index (χ3n) is 7.08. The monoisotopic (exact) mass is 587 g/mol. The number of hydrogen-bond acceptors (Lipinski definition) is 2. The first-order valence-corrected chi connectivity index (χ1v) is 13.0. The van der Waals surface area contributed by atoms with Gasteiger partial charge in [0.1, 0.15) is 0 Å². The van der Waals surface area contributed by atoms with E-state index >= 15 is 0 Å². The van der Waals surface area contributed by atoms with Gasteiger partial charge in [-0.05, 0) is 102 Å². The van der Waals surface area contributed by atoms with E-state index < -0.39 is 23.6 Å². The van der Waals surface area contributed by atoms with Crippen LogP contribution >= 0.6 is 22.6 Å². The Kier molecular flexibility index (Phi) is 9.06. The smallest absolute Gasteiger partial charge is 0.416 e. The van der Waals surface area contributed by atoms with E-state index in [0.29, 0.717) is 18.9 Å². The van der Waals surface area contributed by atoms with Crippen molar-refractivity contribution in [3.8, 4) is 0 Å². The van der Waals surface area contributed by atoms with Crippen LogP contribution in [0.25, 0.3) is 0 Å². The van der Waals surface area contributed by atoms with Crippen molar-refractivity contribution < 1.29 is 23.1 Å².